The normalized spacial score (nSPS) is 10.1. The van der Waals surface area contributed by atoms with Gasteiger partial charge in [-0.3, -0.25) is 4.79 Å². The molecule has 1 amide bonds. The lowest BCUT2D eigenvalue weighted by atomic mass is 10.2. The van der Waals surface area contributed by atoms with Crippen LogP contribution < -0.4 is 5.32 Å². The molecule has 0 bridgehead atoms. The molecule has 4 nitrogen and oxygen atoms in total. The monoisotopic (exact) mass is 325 g/mol. The number of carboxylic acids is 1. The van der Waals surface area contributed by atoms with Crippen molar-refractivity contribution in [3.63, 3.8) is 0 Å². The van der Waals surface area contributed by atoms with Crippen LogP contribution in [0.5, 0.6) is 0 Å². The number of hydrogen-bond acceptors (Lipinski definition) is 3. The van der Waals surface area contributed by atoms with Gasteiger partial charge in [0.25, 0.3) is 5.91 Å². The second-order valence-corrected chi connectivity index (χ2v) is 5.23. The van der Waals surface area contributed by atoms with Gasteiger partial charge in [0.2, 0.25) is 0 Å². The van der Waals surface area contributed by atoms with E-state index in [1.54, 1.807) is 18.2 Å². The molecule has 0 unspecified atom stereocenters. The van der Waals surface area contributed by atoms with Crippen LogP contribution in [-0.4, -0.2) is 17.0 Å². The maximum Gasteiger partial charge on any atom is 0.335 e. The topological polar surface area (TPSA) is 66.4 Å². The quantitative estimate of drug-likeness (QED) is 0.908. The van der Waals surface area contributed by atoms with Crippen molar-refractivity contribution in [1.29, 1.82) is 0 Å². The van der Waals surface area contributed by atoms with Crippen molar-refractivity contribution >= 4 is 44.8 Å². The van der Waals surface area contributed by atoms with Gasteiger partial charge in [0, 0.05) is 4.47 Å². The Kier molecular flexibility index (Phi) is 3.78. The Balaban J connectivity index is 2.20. The molecule has 18 heavy (non-hydrogen) atoms. The Hall–Kier alpha value is -1.66. The van der Waals surface area contributed by atoms with Gasteiger partial charge in [0.05, 0.1) is 16.1 Å². The lowest BCUT2D eigenvalue weighted by molar-refractivity contribution is 0.0696. The summed E-state index contributed by atoms with van der Waals surface area (Å²) in [4.78, 5) is 23.2. The van der Waals surface area contributed by atoms with Gasteiger partial charge in [-0.15, -0.1) is 11.3 Å². The van der Waals surface area contributed by atoms with E-state index in [9.17, 15) is 9.59 Å². The lowest BCUT2D eigenvalue weighted by Gasteiger charge is -2.06. The smallest absolute Gasteiger partial charge is 0.335 e. The van der Waals surface area contributed by atoms with Gasteiger partial charge in [-0.25, -0.2) is 4.79 Å². The van der Waals surface area contributed by atoms with Crippen LogP contribution in [0.25, 0.3) is 0 Å². The number of benzene rings is 1. The molecular weight excluding hydrogens is 318 g/mol. The Morgan fingerprint density at radius 2 is 2.06 bits per heavy atom. The molecule has 2 N–H and O–H groups in total. The lowest BCUT2D eigenvalue weighted by Crippen LogP contribution is -2.10. The standard InChI is InChI=1S/C12H8BrNO3S/c13-8-6-7(12(16)17)3-4-9(8)14-11(15)10-2-1-5-18-10/h1-6H,(H,14,15)(H,16,17). The number of anilines is 1. The van der Waals surface area contributed by atoms with Gasteiger partial charge in [0.15, 0.2) is 0 Å². The zero-order chi connectivity index (χ0) is 13.1. The Morgan fingerprint density at radius 3 is 2.61 bits per heavy atom. The molecule has 0 saturated carbocycles. The van der Waals surface area contributed by atoms with Crippen LogP contribution in [-0.2, 0) is 0 Å². The molecule has 2 rings (SSSR count). The molecule has 6 heteroatoms. The number of hydrogen-bond donors (Lipinski definition) is 2. The molecule has 0 aliphatic carbocycles. The summed E-state index contributed by atoms with van der Waals surface area (Å²) in [5.74, 6) is -1.22. The molecule has 0 aliphatic heterocycles. The van der Waals surface area contributed by atoms with Crippen molar-refractivity contribution in [2.24, 2.45) is 0 Å². The fourth-order valence-corrected chi connectivity index (χ4v) is 2.44. The molecule has 0 aliphatic rings. The molecule has 0 saturated heterocycles. The van der Waals surface area contributed by atoms with E-state index in [0.29, 0.717) is 15.0 Å². The number of aromatic carboxylic acids is 1. The first-order valence-electron chi connectivity index (χ1n) is 4.95. The van der Waals surface area contributed by atoms with Crippen LogP contribution in [0.4, 0.5) is 5.69 Å². The number of halogens is 1. The Bertz CT molecular complexity index is 595. The van der Waals surface area contributed by atoms with Crippen LogP contribution in [0, 0.1) is 0 Å². The molecule has 92 valence electrons. The summed E-state index contributed by atoms with van der Waals surface area (Å²) in [6.07, 6.45) is 0. The molecule has 1 heterocycles. The first-order valence-corrected chi connectivity index (χ1v) is 6.63. The molecule has 0 fully saturated rings. The number of rotatable bonds is 3. The summed E-state index contributed by atoms with van der Waals surface area (Å²) in [5.41, 5.74) is 0.703. The molecule has 1 aromatic carbocycles. The number of amides is 1. The first-order chi connectivity index (χ1) is 8.58. The van der Waals surface area contributed by atoms with Crippen LogP contribution in [0.2, 0.25) is 0 Å². The van der Waals surface area contributed by atoms with Crippen molar-refractivity contribution in [2.75, 3.05) is 5.32 Å². The molecule has 1 aromatic heterocycles. The summed E-state index contributed by atoms with van der Waals surface area (Å²) in [7, 11) is 0. The van der Waals surface area contributed by atoms with E-state index >= 15 is 0 Å². The fraction of sp³-hybridized carbons (Fsp3) is 0. The summed E-state index contributed by atoms with van der Waals surface area (Å²) in [5, 5.41) is 13.4. The second kappa shape index (κ2) is 5.32. The molecule has 0 radical (unpaired) electrons. The van der Waals surface area contributed by atoms with E-state index < -0.39 is 5.97 Å². The highest BCUT2D eigenvalue weighted by Crippen LogP contribution is 2.24. The summed E-state index contributed by atoms with van der Waals surface area (Å²) < 4.78 is 0.535. The van der Waals surface area contributed by atoms with Gasteiger partial charge in [-0.2, -0.15) is 0 Å². The first kappa shape index (κ1) is 12.8. The van der Waals surface area contributed by atoms with E-state index in [1.807, 2.05) is 5.38 Å². The van der Waals surface area contributed by atoms with Crippen molar-refractivity contribution in [2.45, 2.75) is 0 Å². The SMILES string of the molecule is O=C(O)c1ccc(NC(=O)c2cccs2)c(Br)c1. The summed E-state index contributed by atoms with van der Waals surface area (Å²) in [6, 6.07) is 7.96. The maximum absolute atomic E-state index is 11.8. The zero-order valence-corrected chi connectivity index (χ0v) is 11.4. The third kappa shape index (κ3) is 2.77. The van der Waals surface area contributed by atoms with Crippen LogP contribution in [0.3, 0.4) is 0 Å². The summed E-state index contributed by atoms with van der Waals surface area (Å²) >= 11 is 4.58. The minimum atomic E-state index is -1.01. The third-order valence-corrected chi connectivity index (χ3v) is 3.73. The van der Waals surface area contributed by atoms with Gasteiger partial charge < -0.3 is 10.4 Å². The highest BCUT2D eigenvalue weighted by Gasteiger charge is 2.11. The van der Waals surface area contributed by atoms with Gasteiger partial charge >= 0.3 is 5.97 Å². The Labute approximate surface area is 115 Å². The van der Waals surface area contributed by atoms with Crippen molar-refractivity contribution in [3.05, 3.63) is 50.6 Å². The predicted molar refractivity (Wildman–Crippen MR) is 73.4 cm³/mol. The van der Waals surface area contributed by atoms with Crippen LogP contribution >= 0.6 is 27.3 Å². The van der Waals surface area contributed by atoms with Gasteiger partial charge in [0.1, 0.15) is 0 Å². The van der Waals surface area contributed by atoms with E-state index in [4.69, 9.17) is 5.11 Å². The highest BCUT2D eigenvalue weighted by atomic mass is 79.9. The number of thiophene rings is 1. The predicted octanol–water partition coefficient (Wildman–Crippen LogP) is 3.46. The van der Waals surface area contributed by atoms with Crippen molar-refractivity contribution in [1.82, 2.24) is 0 Å². The van der Waals surface area contributed by atoms with E-state index in [-0.39, 0.29) is 11.5 Å². The van der Waals surface area contributed by atoms with Crippen LogP contribution in [0.1, 0.15) is 20.0 Å². The third-order valence-electron chi connectivity index (χ3n) is 2.21. The van der Waals surface area contributed by atoms with Crippen molar-refractivity contribution < 1.29 is 14.7 Å². The van der Waals surface area contributed by atoms with E-state index in [2.05, 4.69) is 21.2 Å². The number of carbonyl (C=O) groups excluding carboxylic acids is 1. The van der Waals surface area contributed by atoms with Crippen LogP contribution in [0.15, 0.2) is 40.2 Å². The molecule has 0 atom stereocenters. The van der Waals surface area contributed by atoms with Gasteiger partial charge in [-0.1, -0.05) is 6.07 Å². The number of carboxylic acid groups (broad SMARTS) is 1. The van der Waals surface area contributed by atoms with Gasteiger partial charge in [-0.05, 0) is 45.6 Å². The average molecular weight is 326 g/mol. The Morgan fingerprint density at radius 1 is 1.28 bits per heavy atom. The number of nitrogens with one attached hydrogen (secondary N) is 1. The second-order valence-electron chi connectivity index (χ2n) is 3.43. The largest absolute Gasteiger partial charge is 0.478 e. The number of carbonyl (C=O) groups is 2. The molecule has 0 spiro atoms. The summed E-state index contributed by atoms with van der Waals surface area (Å²) in [6.45, 7) is 0. The molecule has 2 aromatic rings. The minimum absolute atomic E-state index is 0.163. The van der Waals surface area contributed by atoms with E-state index in [1.165, 1.54) is 23.5 Å². The highest BCUT2D eigenvalue weighted by molar-refractivity contribution is 9.10. The maximum atomic E-state index is 11.8. The fourth-order valence-electron chi connectivity index (χ4n) is 1.34. The van der Waals surface area contributed by atoms with Crippen molar-refractivity contribution in [3.8, 4) is 0 Å². The average Bonchev–Trinajstić information content (AvgIpc) is 2.85. The van der Waals surface area contributed by atoms with E-state index in [0.717, 1.165) is 0 Å². The molecular formula is C12H8BrNO3S. The zero-order valence-electron chi connectivity index (χ0n) is 9.01. The minimum Gasteiger partial charge on any atom is -0.478 e.